The first-order valence-corrected chi connectivity index (χ1v) is 7.26. The summed E-state index contributed by atoms with van der Waals surface area (Å²) in [7, 11) is 0. The molecule has 2 aromatic carbocycles. The molecule has 0 unspecified atom stereocenters. The number of aryl methyl sites for hydroxylation is 1. The van der Waals surface area contributed by atoms with Crippen LogP contribution >= 0.6 is 0 Å². The molecule has 0 aliphatic heterocycles. The summed E-state index contributed by atoms with van der Waals surface area (Å²) in [6.07, 6.45) is -1.23. The molecule has 1 aromatic heterocycles. The number of nitrogens with zero attached hydrogens (tertiary/aromatic N) is 1. The van der Waals surface area contributed by atoms with Crippen LogP contribution in [0.4, 0.5) is 13.2 Å². The highest BCUT2D eigenvalue weighted by Crippen LogP contribution is 2.33. The number of aromatic nitrogens is 1. The van der Waals surface area contributed by atoms with Crippen molar-refractivity contribution >= 4 is 17.0 Å². The molecule has 24 heavy (non-hydrogen) atoms. The Morgan fingerprint density at radius 3 is 2.46 bits per heavy atom. The van der Waals surface area contributed by atoms with Crippen molar-refractivity contribution in [2.75, 3.05) is 0 Å². The Labute approximate surface area is 137 Å². The molecule has 3 rings (SSSR count). The summed E-state index contributed by atoms with van der Waals surface area (Å²) in [6, 6.07) is 11.6. The van der Waals surface area contributed by atoms with Crippen molar-refractivity contribution < 1.29 is 17.9 Å². The summed E-state index contributed by atoms with van der Waals surface area (Å²) in [5, 5.41) is 0.957. The minimum absolute atomic E-state index is 0.247. The molecule has 0 amide bonds. The summed E-state index contributed by atoms with van der Waals surface area (Å²) in [4.78, 5) is 4.43. The standard InChI is InChI=1S/C19H14F3NO/c1-3-15-12(2)11-17(18-16(15)5-4-10-23-18)13-6-8-14(9-7-13)24-19(20,21)22/h3-11H,1H2,2H3. The molecule has 0 saturated carbocycles. The van der Waals surface area contributed by atoms with Crippen molar-refractivity contribution in [2.45, 2.75) is 13.3 Å². The van der Waals surface area contributed by atoms with E-state index in [1.54, 1.807) is 24.4 Å². The molecule has 3 aromatic rings. The minimum Gasteiger partial charge on any atom is -0.406 e. The van der Waals surface area contributed by atoms with Gasteiger partial charge in [0.05, 0.1) is 5.52 Å². The third kappa shape index (κ3) is 3.11. The Morgan fingerprint density at radius 2 is 1.83 bits per heavy atom. The lowest BCUT2D eigenvalue weighted by molar-refractivity contribution is -0.274. The Balaban J connectivity index is 2.11. The van der Waals surface area contributed by atoms with E-state index in [-0.39, 0.29) is 5.75 Å². The van der Waals surface area contributed by atoms with E-state index in [1.807, 2.05) is 25.1 Å². The van der Waals surface area contributed by atoms with Crippen molar-refractivity contribution in [2.24, 2.45) is 0 Å². The maximum absolute atomic E-state index is 12.3. The van der Waals surface area contributed by atoms with Gasteiger partial charge in [0, 0.05) is 17.1 Å². The van der Waals surface area contributed by atoms with Crippen LogP contribution in [0.25, 0.3) is 28.1 Å². The second kappa shape index (κ2) is 6.00. The van der Waals surface area contributed by atoms with Gasteiger partial charge in [0.25, 0.3) is 0 Å². The second-order valence-electron chi connectivity index (χ2n) is 5.33. The van der Waals surface area contributed by atoms with E-state index in [1.165, 1.54) is 12.1 Å². The molecule has 1 heterocycles. The molecule has 0 spiro atoms. The summed E-state index contributed by atoms with van der Waals surface area (Å²) in [6.45, 7) is 5.81. The van der Waals surface area contributed by atoms with Crippen molar-refractivity contribution in [3.05, 3.63) is 66.4 Å². The smallest absolute Gasteiger partial charge is 0.406 e. The number of halogens is 3. The van der Waals surface area contributed by atoms with Crippen molar-refractivity contribution in [3.63, 3.8) is 0 Å². The molecular formula is C19H14F3NO. The first kappa shape index (κ1) is 16.1. The number of alkyl halides is 3. The highest BCUT2D eigenvalue weighted by atomic mass is 19.4. The van der Waals surface area contributed by atoms with Crippen LogP contribution in [0.3, 0.4) is 0 Å². The number of benzene rings is 2. The van der Waals surface area contributed by atoms with Gasteiger partial charge in [-0.25, -0.2) is 0 Å². The summed E-state index contributed by atoms with van der Waals surface area (Å²) in [5.41, 5.74) is 4.43. The molecule has 0 saturated heterocycles. The summed E-state index contributed by atoms with van der Waals surface area (Å²) in [5.74, 6) is -0.247. The Kier molecular flexibility index (Phi) is 4.01. The van der Waals surface area contributed by atoms with Gasteiger partial charge in [0.15, 0.2) is 0 Å². The van der Waals surface area contributed by atoms with Crippen molar-refractivity contribution in [1.29, 1.82) is 0 Å². The van der Waals surface area contributed by atoms with Gasteiger partial charge in [-0.05, 0) is 47.9 Å². The van der Waals surface area contributed by atoms with E-state index in [0.717, 1.165) is 33.2 Å². The number of fused-ring (bicyclic) bond motifs is 1. The van der Waals surface area contributed by atoms with E-state index in [0.29, 0.717) is 0 Å². The van der Waals surface area contributed by atoms with Gasteiger partial charge in [0.2, 0.25) is 0 Å². The molecular weight excluding hydrogens is 315 g/mol. The normalized spacial score (nSPS) is 11.5. The maximum atomic E-state index is 12.3. The van der Waals surface area contributed by atoms with Crippen LogP contribution in [-0.4, -0.2) is 11.3 Å². The minimum atomic E-state index is -4.70. The number of pyridine rings is 1. The predicted molar refractivity (Wildman–Crippen MR) is 88.7 cm³/mol. The highest BCUT2D eigenvalue weighted by Gasteiger charge is 2.31. The van der Waals surface area contributed by atoms with Gasteiger partial charge < -0.3 is 4.74 Å². The highest BCUT2D eigenvalue weighted by molar-refractivity contribution is 5.99. The third-order valence-electron chi connectivity index (χ3n) is 3.74. The molecule has 0 radical (unpaired) electrons. The molecule has 5 heteroatoms. The Bertz CT molecular complexity index is 899. The molecule has 0 atom stereocenters. The molecule has 122 valence electrons. The predicted octanol–water partition coefficient (Wildman–Crippen LogP) is 5.75. The number of hydrogen-bond donors (Lipinski definition) is 0. The fourth-order valence-corrected chi connectivity index (χ4v) is 2.74. The lowest BCUT2D eigenvalue weighted by Gasteiger charge is -2.13. The van der Waals surface area contributed by atoms with E-state index in [4.69, 9.17) is 0 Å². The van der Waals surface area contributed by atoms with Gasteiger partial charge in [-0.2, -0.15) is 0 Å². The number of hydrogen-bond acceptors (Lipinski definition) is 2. The van der Waals surface area contributed by atoms with Crippen LogP contribution in [0.1, 0.15) is 11.1 Å². The number of ether oxygens (including phenoxy) is 1. The van der Waals surface area contributed by atoms with Crippen molar-refractivity contribution in [1.82, 2.24) is 4.98 Å². The first-order chi connectivity index (χ1) is 11.4. The molecule has 0 bridgehead atoms. The molecule has 0 aliphatic carbocycles. The number of rotatable bonds is 3. The molecule has 0 fully saturated rings. The molecule has 0 aliphatic rings. The lowest BCUT2D eigenvalue weighted by Crippen LogP contribution is -2.16. The topological polar surface area (TPSA) is 22.1 Å². The molecule has 2 nitrogen and oxygen atoms in total. The van der Waals surface area contributed by atoms with Gasteiger partial charge in [0.1, 0.15) is 5.75 Å². The van der Waals surface area contributed by atoms with Crippen LogP contribution in [0.15, 0.2) is 55.2 Å². The monoisotopic (exact) mass is 329 g/mol. The summed E-state index contributed by atoms with van der Waals surface area (Å²) < 4.78 is 40.7. The SMILES string of the molecule is C=Cc1c(C)cc(-c2ccc(OC(F)(F)F)cc2)c2ncccc12. The zero-order valence-electron chi connectivity index (χ0n) is 12.9. The fraction of sp³-hybridized carbons (Fsp3) is 0.105. The zero-order valence-corrected chi connectivity index (χ0v) is 12.9. The van der Waals surface area contributed by atoms with E-state index >= 15 is 0 Å². The van der Waals surface area contributed by atoms with Gasteiger partial charge >= 0.3 is 6.36 Å². The van der Waals surface area contributed by atoms with Crippen LogP contribution in [-0.2, 0) is 0 Å². The van der Waals surface area contributed by atoms with Gasteiger partial charge in [-0.3, -0.25) is 4.98 Å². The van der Waals surface area contributed by atoms with E-state index < -0.39 is 6.36 Å². The average Bonchev–Trinajstić information content (AvgIpc) is 2.53. The van der Waals surface area contributed by atoms with Gasteiger partial charge in [-0.15, -0.1) is 13.2 Å². The Hall–Kier alpha value is -2.82. The van der Waals surface area contributed by atoms with E-state index in [9.17, 15) is 13.2 Å². The van der Waals surface area contributed by atoms with Gasteiger partial charge in [-0.1, -0.05) is 30.9 Å². The lowest BCUT2D eigenvalue weighted by atomic mass is 9.94. The van der Waals surface area contributed by atoms with E-state index in [2.05, 4.69) is 16.3 Å². The first-order valence-electron chi connectivity index (χ1n) is 7.26. The zero-order chi connectivity index (χ0) is 17.3. The second-order valence-corrected chi connectivity index (χ2v) is 5.33. The maximum Gasteiger partial charge on any atom is 0.573 e. The third-order valence-corrected chi connectivity index (χ3v) is 3.74. The van der Waals surface area contributed by atoms with Crippen LogP contribution in [0, 0.1) is 6.92 Å². The van der Waals surface area contributed by atoms with Crippen molar-refractivity contribution in [3.8, 4) is 16.9 Å². The summed E-state index contributed by atoms with van der Waals surface area (Å²) >= 11 is 0. The Morgan fingerprint density at radius 1 is 1.12 bits per heavy atom. The largest absolute Gasteiger partial charge is 0.573 e. The average molecular weight is 329 g/mol. The van der Waals surface area contributed by atoms with Crippen LogP contribution < -0.4 is 4.74 Å². The van der Waals surface area contributed by atoms with Crippen LogP contribution in [0.5, 0.6) is 5.75 Å². The molecule has 0 N–H and O–H groups in total. The van der Waals surface area contributed by atoms with Crippen LogP contribution in [0.2, 0.25) is 0 Å². The quantitative estimate of drug-likeness (QED) is 0.610. The fourth-order valence-electron chi connectivity index (χ4n) is 2.74.